The van der Waals surface area contributed by atoms with Gasteiger partial charge in [-0.3, -0.25) is 9.59 Å². The van der Waals surface area contributed by atoms with Crippen molar-refractivity contribution >= 4 is 28.2 Å². The topological polar surface area (TPSA) is 84.7 Å². The number of amides is 2. The summed E-state index contributed by atoms with van der Waals surface area (Å²) in [7, 11) is 2.03. The van der Waals surface area contributed by atoms with Crippen LogP contribution in [0.1, 0.15) is 26.4 Å². The van der Waals surface area contributed by atoms with Gasteiger partial charge in [0.1, 0.15) is 10.8 Å². The van der Waals surface area contributed by atoms with E-state index in [-0.39, 0.29) is 12.5 Å². The van der Waals surface area contributed by atoms with E-state index < -0.39 is 5.91 Å². The number of nitrogens with two attached hydrogens (primary N) is 1. The fourth-order valence-electron chi connectivity index (χ4n) is 2.90. The number of carbonyl (C=O) groups excluding carboxylic acids is 2. The second-order valence-corrected chi connectivity index (χ2v) is 7.27. The van der Waals surface area contributed by atoms with Crippen LogP contribution >= 0.6 is 11.3 Å². The third kappa shape index (κ3) is 3.83. The number of rotatable bonds is 5. The van der Waals surface area contributed by atoms with E-state index in [1.165, 1.54) is 11.3 Å². The Hall–Kier alpha value is -2.38. The number of hydrogen-bond donors (Lipinski definition) is 2. The number of ether oxygens (including phenoxy) is 1. The number of nitrogens with one attached hydrogen (secondary N) is 1. The van der Waals surface area contributed by atoms with Gasteiger partial charge in [0.2, 0.25) is 0 Å². The summed E-state index contributed by atoms with van der Waals surface area (Å²) in [5.41, 5.74) is 7.92. The van der Waals surface area contributed by atoms with Crippen molar-refractivity contribution in [2.75, 3.05) is 25.5 Å². The maximum atomic E-state index is 12.3. The molecule has 1 aliphatic heterocycles. The number of likely N-dealkylation sites (N-methyl/N-ethyl adjacent to an activating group) is 1. The lowest BCUT2D eigenvalue weighted by molar-refractivity contribution is -0.118. The van der Waals surface area contributed by atoms with Crippen molar-refractivity contribution in [2.24, 2.45) is 5.73 Å². The van der Waals surface area contributed by atoms with Gasteiger partial charge in [-0.2, -0.15) is 0 Å². The molecule has 0 saturated carbocycles. The first-order chi connectivity index (χ1) is 12.0. The van der Waals surface area contributed by atoms with Gasteiger partial charge in [-0.05, 0) is 37.6 Å². The number of fused-ring (bicyclic) bond motifs is 1. The highest BCUT2D eigenvalue weighted by Crippen LogP contribution is 2.36. The number of carbonyl (C=O) groups is 2. The van der Waals surface area contributed by atoms with Crippen LogP contribution in [0.5, 0.6) is 5.75 Å². The minimum Gasteiger partial charge on any atom is -0.483 e. The molecule has 132 valence electrons. The Morgan fingerprint density at radius 1 is 1.36 bits per heavy atom. The van der Waals surface area contributed by atoms with Gasteiger partial charge in [0.05, 0.1) is 5.56 Å². The van der Waals surface area contributed by atoms with E-state index in [1.807, 2.05) is 38.2 Å². The summed E-state index contributed by atoms with van der Waals surface area (Å²) in [4.78, 5) is 27.4. The largest absolute Gasteiger partial charge is 0.483 e. The van der Waals surface area contributed by atoms with Gasteiger partial charge in [0, 0.05) is 18.0 Å². The molecule has 2 aromatic rings. The summed E-state index contributed by atoms with van der Waals surface area (Å²) in [6, 6.07) is 7.50. The summed E-state index contributed by atoms with van der Waals surface area (Å²) < 4.78 is 5.56. The van der Waals surface area contributed by atoms with E-state index in [1.54, 1.807) is 0 Å². The standard InChI is InChI=1S/C18H21N3O3S/c1-11-5-3-4-6-13(11)24-10-15(22)20-18-16(17(19)23)12-7-8-21(2)9-14(12)25-18/h3-6H,7-10H2,1-2H3,(H2,19,23)(H,20,22). The van der Waals surface area contributed by atoms with Crippen LogP contribution in [-0.2, 0) is 17.8 Å². The van der Waals surface area contributed by atoms with Crippen molar-refractivity contribution in [1.29, 1.82) is 0 Å². The van der Waals surface area contributed by atoms with E-state index in [0.29, 0.717) is 16.3 Å². The number of anilines is 1. The normalized spacial score (nSPS) is 14.0. The summed E-state index contributed by atoms with van der Waals surface area (Å²) in [6.07, 6.45) is 0.760. The average Bonchev–Trinajstić information content (AvgIpc) is 2.91. The second-order valence-electron chi connectivity index (χ2n) is 6.16. The van der Waals surface area contributed by atoms with E-state index in [9.17, 15) is 9.59 Å². The third-order valence-corrected chi connectivity index (χ3v) is 5.33. The lowest BCUT2D eigenvalue weighted by Crippen LogP contribution is -2.27. The van der Waals surface area contributed by atoms with Crippen LogP contribution in [0.15, 0.2) is 24.3 Å². The molecule has 0 radical (unpaired) electrons. The number of nitrogens with zero attached hydrogens (tertiary/aromatic N) is 1. The molecule has 6 nitrogen and oxygen atoms in total. The van der Waals surface area contributed by atoms with Crippen LogP contribution < -0.4 is 15.8 Å². The molecule has 2 heterocycles. The maximum absolute atomic E-state index is 12.3. The minimum atomic E-state index is -0.503. The maximum Gasteiger partial charge on any atom is 0.262 e. The quantitative estimate of drug-likeness (QED) is 0.857. The second kappa shape index (κ2) is 7.25. The zero-order valence-electron chi connectivity index (χ0n) is 14.3. The van der Waals surface area contributed by atoms with Crippen LogP contribution in [0.3, 0.4) is 0 Å². The Bertz CT molecular complexity index is 816. The van der Waals surface area contributed by atoms with Crippen LogP contribution in [-0.4, -0.2) is 36.9 Å². The Morgan fingerprint density at radius 2 is 2.12 bits per heavy atom. The first kappa shape index (κ1) is 17.4. The molecule has 7 heteroatoms. The smallest absolute Gasteiger partial charge is 0.262 e. The van der Waals surface area contributed by atoms with Gasteiger partial charge in [-0.1, -0.05) is 18.2 Å². The fourth-order valence-corrected chi connectivity index (χ4v) is 4.25. The van der Waals surface area contributed by atoms with E-state index >= 15 is 0 Å². The van der Waals surface area contributed by atoms with Crippen LogP contribution in [0.25, 0.3) is 0 Å². The summed E-state index contributed by atoms with van der Waals surface area (Å²) in [5, 5.41) is 3.31. The number of benzene rings is 1. The number of aryl methyl sites for hydroxylation is 1. The highest BCUT2D eigenvalue weighted by atomic mass is 32.1. The highest BCUT2D eigenvalue weighted by Gasteiger charge is 2.26. The molecule has 0 unspecified atom stereocenters. The lowest BCUT2D eigenvalue weighted by atomic mass is 10.0. The Morgan fingerprint density at radius 3 is 2.84 bits per heavy atom. The van der Waals surface area contributed by atoms with Gasteiger partial charge >= 0.3 is 0 Å². The summed E-state index contributed by atoms with van der Waals surface area (Å²) >= 11 is 1.42. The first-order valence-corrected chi connectivity index (χ1v) is 8.88. The van der Waals surface area contributed by atoms with Crippen molar-refractivity contribution < 1.29 is 14.3 Å². The van der Waals surface area contributed by atoms with E-state index in [4.69, 9.17) is 10.5 Å². The van der Waals surface area contributed by atoms with Crippen molar-refractivity contribution in [3.63, 3.8) is 0 Å². The molecule has 3 rings (SSSR count). The van der Waals surface area contributed by atoms with Crippen molar-refractivity contribution in [3.05, 3.63) is 45.8 Å². The molecule has 0 atom stereocenters. The van der Waals surface area contributed by atoms with Crippen molar-refractivity contribution in [1.82, 2.24) is 4.90 Å². The van der Waals surface area contributed by atoms with Gasteiger partial charge in [0.25, 0.3) is 11.8 Å². The average molecular weight is 359 g/mol. The first-order valence-electron chi connectivity index (χ1n) is 8.07. The molecular formula is C18H21N3O3S. The molecule has 0 saturated heterocycles. The van der Waals surface area contributed by atoms with Gasteiger partial charge in [0.15, 0.2) is 6.61 Å². The molecule has 1 aromatic heterocycles. The fraction of sp³-hybridized carbons (Fsp3) is 0.333. The molecule has 0 bridgehead atoms. The van der Waals surface area contributed by atoms with Crippen molar-refractivity contribution in [3.8, 4) is 5.75 Å². The zero-order chi connectivity index (χ0) is 18.0. The zero-order valence-corrected chi connectivity index (χ0v) is 15.1. The summed E-state index contributed by atoms with van der Waals surface area (Å²) in [6.45, 7) is 3.43. The molecule has 25 heavy (non-hydrogen) atoms. The number of para-hydroxylation sites is 1. The Balaban J connectivity index is 1.73. The Kier molecular flexibility index (Phi) is 5.06. The number of primary amides is 1. The number of thiophene rings is 1. The van der Waals surface area contributed by atoms with Gasteiger partial charge in [-0.25, -0.2) is 0 Å². The number of hydrogen-bond acceptors (Lipinski definition) is 5. The molecule has 1 aromatic carbocycles. The molecule has 2 amide bonds. The molecule has 0 spiro atoms. The predicted molar refractivity (Wildman–Crippen MR) is 98.2 cm³/mol. The van der Waals surface area contributed by atoms with Crippen LogP contribution in [0, 0.1) is 6.92 Å². The lowest BCUT2D eigenvalue weighted by Gasteiger charge is -2.22. The van der Waals surface area contributed by atoms with E-state index in [2.05, 4.69) is 10.2 Å². The molecule has 1 aliphatic rings. The third-order valence-electron chi connectivity index (χ3n) is 4.20. The van der Waals surface area contributed by atoms with Gasteiger partial charge in [-0.15, -0.1) is 11.3 Å². The SMILES string of the molecule is Cc1ccccc1OCC(=O)Nc1sc2c(c1C(N)=O)CCN(C)C2. The summed E-state index contributed by atoms with van der Waals surface area (Å²) in [5.74, 6) is -0.144. The predicted octanol–water partition coefficient (Wildman–Crippen LogP) is 2.16. The molecule has 0 aliphatic carbocycles. The monoisotopic (exact) mass is 359 g/mol. The Labute approximate surface area is 150 Å². The van der Waals surface area contributed by atoms with Gasteiger partial charge < -0.3 is 20.7 Å². The molecular weight excluding hydrogens is 338 g/mol. The van der Waals surface area contributed by atoms with E-state index in [0.717, 1.165) is 35.5 Å². The molecule has 0 fully saturated rings. The highest BCUT2D eigenvalue weighted by molar-refractivity contribution is 7.17. The van der Waals surface area contributed by atoms with Crippen molar-refractivity contribution in [2.45, 2.75) is 19.9 Å². The van der Waals surface area contributed by atoms with Crippen LogP contribution in [0.4, 0.5) is 5.00 Å². The molecule has 3 N–H and O–H groups in total. The van der Waals surface area contributed by atoms with Crippen LogP contribution in [0.2, 0.25) is 0 Å². The minimum absolute atomic E-state index is 0.120.